The second-order valence-electron chi connectivity index (χ2n) is 11.8. The maximum absolute atomic E-state index is 14.4. The average molecular weight is 566 g/mol. The molecule has 0 radical (unpaired) electrons. The molecule has 0 aromatic heterocycles. The lowest BCUT2D eigenvalue weighted by Crippen LogP contribution is -2.57. The Bertz CT molecular complexity index is 1630. The van der Waals surface area contributed by atoms with Gasteiger partial charge in [0.05, 0.1) is 24.2 Å². The smallest absolute Gasteiger partial charge is 0.336 e. The number of hydrogen-bond acceptors (Lipinski definition) is 3. The number of carboxylic acids is 2. The number of hydrogen-bond donors (Lipinski definition) is 2. The average Bonchev–Trinajstić information content (AvgIpc) is 2.85. The second kappa shape index (κ2) is 8.54. The van der Waals surface area contributed by atoms with E-state index in [1.54, 1.807) is 17.9 Å². The predicted molar refractivity (Wildman–Crippen MR) is 149 cm³/mol. The third-order valence-electron chi connectivity index (χ3n) is 8.27. The van der Waals surface area contributed by atoms with E-state index in [9.17, 15) is 33.0 Å². The summed E-state index contributed by atoms with van der Waals surface area (Å²) >= 11 is 0. The van der Waals surface area contributed by atoms with Crippen LogP contribution in [0.2, 0.25) is 13.1 Å². The van der Waals surface area contributed by atoms with Gasteiger partial charge in [0.15, 0.2) is 18.8 Å². The van der Waals surface area contributed by atoms with E-state index >= 15 is 0 Å². The number of aromatic carboxylic acids is 2. The van der Waals surface area contributed by atoms with E-state index in [0.29, 0.717) is 11.3 Å². The standard InChI is InChI=1S/C30H27F3N2O4Si/c1-29(31)13-34(14-29)18-5-8-21-24(11-18)40(2,3)25-12-19(35-15-30(32,33)16-35)6-9-22(25)26(21)23-10-17(27(36)37)4-7-20(23)28(38)39/h4-12H,13-16H2,1-3H3,(H-,36,37,38,39)/p+1. The van der Waals surface area contributed by atoms with Gasteiger partial charge >= 0.3 is 11.9 Å². The molecule has 2 N–H and O–H groups in total. The Balaban J connectivity index is 1.61. The number of carboxylic acid groups (broad SMARTS) is 2. The number of carbonyl (C=O) groups is 2. The summed E-state index contributed by atoms with van der Waals surface area (Å²) in [7, 11) is -2.51. The van der Waals surface area contributed by atoms with Crippen molar-refractivity contribution in [1.29, 1.82) is 0 Å². The summed E-state index contributed by atoms with van der Waals surface area (Å²) in [5.74, 6) is -5.11. The number of benzene rings is 2. The van der Waals surface area contributed by atoms with Crippen molar-refractivity contribution in [2.45, 2.75) is 31.6 Å². The van der Waals surface area contributed by atoms with E-state index in [0.717, 1.165) is 27.2 Å². The lowest BCUT2D eigenvalue weighted by atomic mass is 9.86. The highest BCUT2D eigenvalue weighted by Gasteiger charge is 2.48. The molecule has 3 heterocycles. The minimum Gasteiger partial charge on any atom is -0.478 e. The van der Waals surface area contributed by atoms with E-state index < -0.39 is 31.6 Å². The Labute approximate surface area is 230 Å². The van der Waals surface area contributed by atoms with E-state index in [2.05, 4.69) is 13.1 Å². The molecule has 0 unspecified atom stereocenters. The molecule has 0 amide bonds. The van der Waals surface area contributed by atoms with Crippen LogP contribution in [0.4, 0.5) is 18.9 Å². The molecule has 10 heteroatoms. The molecule has 0 spiro atoms. The number of fused-ring (bicyclic) bond motifs is 2. The Morgan fingerprint density at radius 1 is 0.950 bits per heavy atom. The van der Waals surface area contributed by atoms with Crippen molar-refractivity contribution in [3.63, 3.8) is 0 Å². The summed E-state index contributed by atoms with van der Waals surface area (Å²) in [4.78, 5) is 25.8. The summed E-state index contributed by atoms with van der Waals surface area (Å²) in [6.07, 6.45) is 5.84. The van der Waals surface area contributed by atoms with Gasteiger partial charge in [-0.15, -0.1) is 0 Å². The van der Waals surface area contributed by atoms with Gasteiger partial charge in [-0.05, 0) is 76.0 Å². The number of halogens is 3. The minimum absolute atomic E-state index is 0.0373. The molecule has 2 fully saturated rings. The van der Waals surface area contributed by atoms with Crippen molar-refractivity contribution in [1.82, 2.24) is 0 Å². The van der Waals surface area contributed by atoms with Crippen molar-refractivity contribution in [3.05, 3.63) is 87.6 Å². The molecule has 0 saturated carbocycles. The first-order valence-corrected chi connectivity index (χ1v) is 16.0. The van der Waals surface area contributed by atoms with Gasteiger partial charge in [-0.25, -0.2) is 27.3 Å². The number of rotatable bonds is 4. The highest BCUT2D eigenvalue weighted by atomic mass is 28.3. The van der Waals surface area contributed by atoms with Gasteiger partial charge in [0.2, 0.25) is 5.67 Å². The van der Waals surface area contributed by atoms with Crippen LogP contribution in [-0.2, 0) is 0 Å². The van der Waals surface area contributed by atoms with Crippen LogP contribution in [-0.4, -0.2) is 78.3 Å². The van der Waals surface area contributed by atoms with Crippen LogP contribution in [0.25, 0.3) is 5.57 Å². The van der Waals surface area contributed by atoms with E-state index in [4.69, 9.17) is 0 Å². The lowest BCUT2D eigenvalue weighted by molar-refractivity contribution is -0.619. The number of allylic oxidation sites excluding steroid dienone is 5. The molecule has 3 aliphatic heterocycles. The molecule has 2 aromatic carbocycles. The third kappa shape index (κ3) is 4.12. The molecule has 2 aromatic rings. The van der Waals surface area contributed by atoms with Crippen molar-refractivity contribution in [3.8, 4) is 0 Å². The first kappa shape index (κ1) is 26.3. The van der Waals surface area contributed by atoms with Gasteiger partial charge in [0.1, 0.15) is 8.07 Å². The Kier molecular flexibility index (Phi) is 5.61. The molecule has 40 heavy (non-hydrogen) atoms. The molecule has 4 aliphatic rings. The summed E-state index contributed by atoms with van der Waals surface area (Å²) in [6.45, 7) is 5.65. The van der Waals surface area contributed by atoms with Gasteiger partial charge < -0.3 is 15.1 Å². The van der Waals surface area contributed by atoms with Gasteiger partial charge in [-0.2, -0.15) is 0 Å². The van der Waals surface area contributed by atoms with E-state index in [-0.39, 0.29) is 42.9 Å². The van der Waals surface area contributed by atoms with Crippen LogP contribution < -0.4 is 10.1 Å². The highest BCUT2D eigenvalue weighted by Crippen LogP contribution is 2.44. The highest BCUT2D eigenvalue weighted by molar-refractivity contribution is 6.98. The third-order valence-corrected chi connectivity index (χ3v) is 11.8. The summed E-state index contributed by atoms with van der Waals surface area (Å²) in [6, 6.07) is 9.49. The van der Waals surface area contributed by atoms with E-state index in [1.807, 2.05) is 34.9 Å². The van der Waals surface area contributed by atoms with E-state index in [1.165, 1.54) is 18.2 Å². The zero-order valence-corrected chi connectivity index (χ0v) is 23.3. The molecular weight excluding hydrogens is 537 g/mol. The monoisotopic (exact) mass is 565 g/mol. The van der Waals surface area contributed by atoms with Crippen LogP contribution in [0.15, 0.2) is 65.4 Å². The van der Waals surface area contributed by atoms with Crippen LogP contribution in [0.5, 0.6) is 0 Å². The maximum atomic E-state index is 14.4. The van der Waals surface area contributed by atoms with Crippen molar-refractivity contribution < 1.29 is 37.5 Å². The predicted octanol–water partition coefficient (Wildman–Crippen LogP) is 4.50. The molecule has 6 nitrogen and oxygen atoms in total. The van der Waals surface area contributed by atoms with Crippen LogP contribution >= 0.6 is 0 Å². The molecular formula is C30H28F3N2O4Si+. The number of alkyl halides is 3. The normalized spacial score (nSPS) is 24.1. The Morgan fingerprint density at radius 3 is 2.25 bits per heavy atom. The SMILES string of the molecule is CC1(F)C[N+](=C2C=CC3=C(c4cc(C(=O)O)ccc4C(=O)O)c4ccc(N5CC(F)(F)C5)cc4[Si](C)(C)C3=C2)C1. The van der Waals surface area contributed by atoms with Gasteiger partial charge in [0, 0.05) is 17.8 Å². The van der Waals surface area contributed by atoms with Crippen molar-refractivity contribution >= 4 is 42.2 Å². The van der Waals surface area contributed by atoms with Crippen LogP contribution in [0.3, 0.4) is 0 Å². The largest absolute Gasteiger partial charge is 0.478 e. The quantitative estimate of drug-likeness (QED) is 0.422. The molecule has 206 valence electrons. The second-order valence-corrected chi connectivity index (χ2v) is 16.1. The number of nitrogens with zero attached hydrogens (tertiary/aromatic N) is 2. The molecule has 0 atom stereocenters. The minimum atomic E-state index is -2.74. The van der Waals surface area contributed by atoms with Gasteiger partial charge in [-0.3, -0.25) is 0 Å². The fourth-order valence-corrected chi connectivity index (χ4v) is 9.28. The fourth-order valence-electron chi connectivity index (χ4n) is 6.21. The number of anilines is 1. The molecule has 1 aliphatic carbocycles. The zero-order chi connectivity index (χ0) is 28.8. The summed E-state index contributed by atoms with van der Waals surface area (Å²) < 4.78 is 43.7. The lowest BCUT2D eigenvalue weighted by Gasteiger charge is -2.42. The summed E-state index contributed by atoms with van der Waals surface area (Å²) in [5, 5.41) is 21.7. The molecule has 0 bridgehead atoms. The molecule has 6 rings (SSSR count). The molecule has 2 saturated heterocycles. The van der Waals surface area contributed by atoms with Crippen LogP contribution in [0.1, 0.15) is 38.8 Å². The van der Waals surface area contributed by atoms with Gasteiger partial charge in [-0.1, -0.05) is 19.2 Å². The topological polar surface area (TPSA) is 80.8 Å². The van der Waals surface area contributed by atoms with Crippen molar-refractivity contribution in [2.75, 3.05) is 31.1 Å². The Morgan fingerprint density at radius 2 is 1.65 bits per heavy atom. The fraction of sp³-hybridized carbons (Fsp3) is 0.300. The van der Waals surface area contributed by atoms with Crippen LogP contribution in [0, 0.1) is 0 Å². The van der Waals surface area contributed by atoms with Crippen molar-refractivity contribution in [2.24, 2.45) is 0 Å². The first-order valence-electron chi connectivity index (χ1n) is 13.0. The maximum Gasteiger partial charge on any atom is 0.336 e. The first-order chi connectivity index (χ1) is 18.7. The summed E-state index contributed by atoms with van der Waals surface area (Å²) in [5.41, 5.74) is 2.59. The zero-order valence-electron chi connectivity index (χ0n) is 22.3. The Hall–Kier alpha value is -3.92. The van der Waals surface area contributed by atoms with Gasteiger partial charge in [0.25, 0.3) is 5.92 Å².